The van der Waals surface area contributed by atoms with Gasteiger partial charge in [-0.1, -0.05) is 66.5 Å². The van der Waals surface area contributed by atoms with Crippen LogP contribution in [-0.2, 0) is 0 Å². The van der Waals surface area contributed by atoms with Crippen LogP contribution in [0.25, 0.3) is 5.70 Å². The van der Waals surface area contributed by atoms with E-state index in [-0.39, 0.29) is 0 Å². The van der Waals surface area contributed by atoms with Crippen molar-refractivity contribution in [3.63, 3.8) is 0 Å². The summed E-state index contributed by atoms with van der Waals surface area (Å²) >= 11 is 3.56. The van der Waals surface area contributed by atoms with Crippen molar-refractivity contribution in [1.82, 2.24) is 5.43 Å². The Bertz CT molecular complexity index is 1480. The minimum atomic E-state index is 0.758. The van der Waals surface area contributed by atoms with E-state index in [1.54, 1.807) is 23.5 Å². The average molecular weight is 479 g/mol. The monoisotopic (exact) mass is 478 g/mol. The third-order valence-electron chi connectivity index (χ3n) is 5.84. The second kappa shape index (κ2) is 8.63. The number of hydrogen-bond donors (Lipinski definition) is 3. The summed E-state index contributed by atoms with van der Waals surface area (Å²) in [6.45, 7) is 6.22. The summed E-state index contributed by atoms with van der Waals surface area (Å²) in [7, 11) is 0. The van der Waals surface area contributed by atoms with Gasteiger partial charge >= 0.3 is 0 Å². The lowest BCUT2D eigenvalue weighted by Gasteiger charge is -2.21. The van der Waals surface area contributed by atoms with E-state index in [0.717, 1.165) is 45.3 Å². The van der Waals surface area contributed by atoms with Crippen molar-refractivity contribution in [3.8, 4) is 0 Å². The van der Waals surface area contributed by atoms with E-state index >= 15 is 0 Å². The van der Waals surface area contributed by atoms with Crippen LogP contribution >= 0.6 is 23.5 Å². The SMILES string of the molecule is C=C(NN=C(C)c1ccc2c(c1)Nc1ccccc1S2)c1ccc2c(c1)Nc1ccccc1S2. The molecule has 0 saturated heterocycles. The molecular weight excluding hydrogens is 456 g/mol. The van der Waals surface area contributed by atoms with Crippen molar-refractivity contribution in [2.75, 3.05) is 10.6 Å². The van der Waals surface area contributed by atoms with Crippen molar-refractivity contribution < 1.29 is 0 Å². The van der Waals surface area contributed by atoms with Crippen molar-refractivity contribution >= 4 is 57.7 Å². The first-order valence-electron chi connectivity index (χ1n) is 11.0. The summed E-state index contributed by atoms with van der Waals surface area (Å²) in [6, 6.07) is 29.5. The first-order chi connectivity index (χ1) is 16.6. The Morgan fingerprint density at radius 2 is 1.18 bits per heavy atom. The van der Waals surface area contributed by atoms with Gasteiger partial charge in [0.25, 0.3) is 0 Å². The van der Waals surface area contributed by atoms with Crippen LogP contribution in [0.5, 0.6) is 0 Å². The zero-order chi connectivity index (χ0) is 23.1. The van der Waals surface area contributed by atoms with Gasteiger partial charge in [-0.25, -0.2) is 0 Å². The first kappa shape index (κ1) is 21.0. The smallest absolute Gasteiger partial charge is 0.0649 e. The van der Waals surface area contributed by atoms with E-state index in [1.807, 2.05) is 13.0 Å². The number of anilines is 4. The minimum Gasteiger partial charge on any atom is -0.354 e. The number of rotatable bonds is 4. The molecule has 0 fully saturated rings. The van der Waals surface area contributed by atoms with Crippen LogP contribution in [0.15, 0.2) is 116 Å². The molecule has 4 nitrogen and oxygen atoms in total. The highest BCUT2D eigenvalue weighted by molar-refractivity contribution is 8.00. The van der Waals surface area contributed by atoms with Crippen LogP contribution in [0.3, 0.4) is 0 Å². The molecule has 2 aliphatic rings. The highest BCUT2D eigenvalue weighted by Gasteiger charge is 2.17. The maximum atomic E-state index is 4.62. The molecular formula is C28H22N4S2. The zero-order valence-electron chi connectivity index (χ0n) is 18.6. The van der Waals surface area contributed by atoms with Crippen molar-refractivity contribution in [2.24, 2.45) is 5.10 Å². The predicted octanol–water partition coefficient (Wildman–Crippen LogP) is 8.09. The van der Waals surface area contributed by atoms with E-state index in [1.165, 1.54) is 19.6 Å². The molecule has 6 heteroatoms. The Balaban J connectivity index is 1.18. The van der Waals surface area contributed by atoms with Gasteiger partial charge in [-0.15, -0.1) is 0 Å². The molecule has 6 rings (SSSR count). The first-order valence-corrected chi connectivity index (χ1v) is 12.6. The van der Waals surface area contributed by atoms with Crippen molar-refractivity contribution in [2.45, 2.75) is 26.5 Å². The van der Waals surface area contributed by atoms with Crippen LogP contribution < -0.4 is 16.1 Å². The molecule has 0 atom stereocenters. The average Bonchev–Trinajstić information content (AvgIpc) is 2.88. The number of fused-ring (bicyclic) bond motifs is 4. The van der Waals surface area contributed by atoms with Gasteiger partial charge in [-0.2, -0.15) is 5.10 Å². The number of hydrazone groups is 1. The van der Waals surface area contributed by atoms with E-state index in [0.29, 0.717) is 0 Å². The Hall–Kier alpha value is -3.61. The van der Waals surface area contributed by atoms with Crippen LogP contribution in [0.2, 0.25) is 0 Å². The largest absolute Gasteiger partial charge is 0.354 e. The molecule has 0 radical (unpaired) electrons. The number of nitrogens with zero attached hydrogens (tertiary/aromatic N) is 1. The molecule has 0 aliphatic carbocycles. The molecule has 4 aromatic rings. The number of nitrogens with one attached hydrogen (secondary N) is 3. The molecule has 2 aliphatic heterocycles. The summed E-state index contributed by atoms with van der Waals surface area (Å²) in [6.07, 6.45) is 0. The zero-order valence-corrected chi connectivity index (χ0v) is 20.2. The minimum absolute atomic E-state index is 0.758. The van der Waals surface area contributed by atoms with Gasteiger partial charge in [-0.05, 0) is 61.0 Å². The van der Waals surface area contributed by atoms with Gasteiger partial charge in [0.1, 0.15) is 0 Å². The highest BCUT2D eigenvalue weighted by atomic mass is 32.2. The molecule has 0 aromatic heterocycles. The summed E-state index contributed by atoms with van der Waals surface area (Å²) in [5.74, 6) is 0. The maximum absolute atomic E-state index is 4.62. The summed E-state index contributed by atoms with van der Waals surface area (Å²) in [5, 5.41) is 11.7. The molecule has 3 N–H and O–H groups in total. The van der Waals surface area contributed by atoms with Crippen LogP contribution in [0, 0.1) is 0 Å². The summed E-state index contributed by atoms with van der Waals surface area (Å²) in [5.41, 5.74) is 11.3. The fourth-order valence-electron chi connectivity index (χ4n) is 3.97. The van der Waals surface area contributed by atoms with E-state index in [9.17, 15) is 0 Å². The van der Waals surface area contributed by atoms with Crippen LogP contribution in [0.1, 0.15) is 18.1 Å². The second-order valence-electron chi connectivity index (χ2n) is 8.16. The fraction of sp³-hybridized carbons (Fsp3) is 0.0357. The second-order valence-corrected chi connectivity index (χ2v) is 10.3. The standard InChI is InChI=1S/C28H22N4S2/c1-17(19-11-13-27-23(15-19)29-21-7-3-5-9-25(21)33-27)31-32-18(2)20-12-14-28-24(16-20)30-22-8-4-6-10-26(22)34-28/h3-16,29-31H,1H2,2H3. The van der Waals surface area contributed by atoms with Gasteiger partial charge in [0.15, 0.2) is 0 Å². The fourth-order valence-corrected chi connectivity index (χ4v) is 5.91. The normalized spacial score (nSPS) is 13.4. The van der Waals surface area contributed by atoms with Crippen molar-refractivity contribution in [1.29, 1.82) is 0 Å². The summed E-state index contributed by atoms with van der Waals surface area (Å²) in [4.78, 5) is 4.90. The van der Waals surface area contributed by atoms with E-state index in [2.05, 4.69) is 107 Å². The lowest BCUT2D eigenvalue weighted by molar-refractivity contribution is 0.991. The molecule has 0 spiro atoms. The van der Waals surface area contributed by atoms with E-state index in [4.69, 9.17) is 0 Å². The molecule has 0 bridgehead atoms. The van der Waals surface area contributed by atoms with Crippen molar-refractivity contribution in [3.05, 3.63) is 103 Å². The molecule has 166 valence electrons. The Morgan fingerprint density at radius 1 is 0.676 bits per heavy atom. The lowest BCUT2D eigenvalue weighted by Crippen LogP contribution is -2.09. The van der Waals surface area contributed by atoms with Crippen LogP contribution in [0.4, 0.5) is 22.7 Å². The van der Waals surface area contributed by atoms with Gasteiger partial charge in [0, 0.05) is 25.1 Å². The molecule has 2 heterocycles. The van der Waals surface area contributed by atoms with Gasteiger partial charge in [0.2, 0.25) is 0 Å². The van der Waals surface area contributed by atoms with E-state index < -0.39 is 0 Å². The highest BCUT2D eigenvalue weighted by Crippen LogP contribution is 2.45. The van der Waals surface area contributed by atoms with Crippen LogP contribution in [-0.4, -0.2) is 5.71 Å². The molecule has 0 saturated carbocycles. The Kier molecular flexibility index (Phi) is 5.32. The molecule has 0 unspecified atom stereocenters. The Morgan fingerprint density at radius 3 is 1.79 bits per heavy atom. The molecule has 4 aromatic carbocycles. The quantitative estimate of drug-likeness (QED) is 0.177. The Labute approximate surface area is 207 Å². The summed E-state index contributed by atoms with van der Waals surface area (Å²) < 4.78 is 0. The molecule has 34 heavy (non-hydrogen) atoms. The van der Waals surface area contributed by atoms with Gasteiger partial charge < -0.3 is 10.6 Å². The predicted molar refractivity (Wildman–Crippen MR) is 145 cm³/mol. The lowest BCUT2D eigenvalue weighted by atomic mass is 10.1. The number of para-hydroxylation sites is 2. The van der Waals surface area contributed by atoms with Gasteiger partial charge in [-0.3, -0.25) is 5.43 Å². The molecule has 0 amide bonds. The number of benzene rings is 4. The third kappa shape index (κ3) is 3.95. The maximum Gasteiger partial charge on any atom is 0.0649 e. The number of hydrogen-bond acceptors (Lipinski definition) is 6. The third-order valence-corrected chi connectivity index (χ3v) is 8.14. The van der Waals surface area contributed by atoms with Gasteiger partial charge in [0.05, 0.1) is 34.2 Å². The topological polar surface area (TPSA) is 48.5 Å².